The van der Waals surface area contributed by atoms with Gasteiger partial charge in [0.05, 0.1) is 0 Å². The largest absolute Gasteiger partial charge is 0.350 e. The van der Waals surface area contributed by atoms with Gasteiger partial charge in [0.1, 0.15) is 0 Å². The molecule has 2 heteroatoms. The van der Waals surface area contributed by atoms with Crippen molar-refractivity contribution in [3.05, 3.63) is 24.0 Å². The molecule has 0 aromatic carbocycles. The third-order valence-electron chi connectivity index (χ3n) is 3.03. The smallest absolute Gasteiger partial charge is 0.0475 e. The van der Waals surface area contributed by atoms with E-state index in [1.54, 1.807) is 0 Å². The van der Waals surface area contributed by atoms with Gasteiger partial charge in [-0.3, -0.25) is 0 Å². The van der Waals surface area contributed by atoms with Crippen molar-refractivity contribution in [3.63, 3.8) is 0 Å². The number of nitrogens with one attached hydrogen (secondary N) is 1. The average molecular weight is 192 g/mol. The SMILES string of the molecule is CCCCn1cccc1[C@@H]1CCCN1. The summed E-state index contributed by atoms with van der Waals surface area (Å²) in [5, 5.41) is 3.55. The van der Waals surface area contributed by atoms with Crippen molar-refractivity contribution in [1.82, 2.24) is 9.88 Å². The summed E-state index contributed by atoms with van der Waals surface area (Å²) in [5.74, 6) is 0. The van der Waals surface area contributed by atoms with Crippen molar-refractivity contribution in [2.24, 2.45) is 0 Å². The highest BCUT2D eigenvalue weighted by Gasteiger charge is 2.18. The lowest BCUT2D eigenvalue weighted by atomic mass is 10.1. The van der Waals surface area contributed by atoms with Gasteiger partial charge in [0.15, 0.2) is 0 Å². The average Bonchev–Trinajstić information content (AvgIpc) is 2.84. The van der Waals surface area contributed by atoms with Gasteiger partial charge in [-0.25, -0.2) is 0 Å². The number of aryl methyl sites for hydroxylation is 1. The van der Waals surface area contributed by atoms with Gasteiger partial charge in [-0.2, -0.15) is 0 Å². The molecular formula is C12H20N2. The molecule has 1 aliphatic rings. The van der Waals surface area contributed by atoms with E-state index in [2.05, 4.69) is 35.1 Å². The minimum atomic E-state index is 0.613. The molecule has 2 heterocycles. The molecule has 78 valence electrons. The molecule has 0 amide bonds. The van der Waals surface area contributed by atoms with E-state index in [1.807, 2.05) is 0 Å². The van der Waals surface area contributed by atoms with E-state index >= 15 is 0 Å². The minimum absolute atomic E-state index is 0.613. The molecule has 2 nitrogen and oxygen atoms in total. The van der Waals surface area contributed by atoms with Crippen LogP contribution in [0.25, 0.3) is 0 Å². The van der Waals surface area contributed by atoms with Crippen LogP contribution in [0, 0.1) is 0 Å². The Morgan fingerprint density at radius 2 is 2.50 bits per heavy atom. The molecule has 1 N–H and O–H groups in total. The van der Waals surface area contributed by atoms with E-state index in [1.165, 1.54) is 44.5 Å². The monoisotopic (exact) mass is 192 g/mol. The van der Waals surface area contributed by atoms with Crippen LogP contribution in [0.15, 0.2) is 18.3 Å². The quantitative estimate of drug-likeness (QED) is 0.776. The molecule has 0 unspecified atom stereocenters. The maximum atomic E-state index is 3.55. The second kappa shape index (κ2) is 4.65. The summed E-state index contributed by atoms with van der Waals surface area (Å²) in [6.45, 7) is 4.61. The first-order valence-electron chi connectivity index (χ1n) is 5.80. The highest BCUT2D eigenvalue weighted by atomic mass is 15.0. The molecule has 1 atom stereocenters. The number of rotatable bonds is 4. The van der Waals surface area contributed by atoms with Crippen LogP contribution in [-0.2, 0) is 6.54 Å². The van der Waals surface area contributed by atoms with Crippen molar-refractivity contribution in [3.8, 4) is 0 Å². The lowest BCUT2D eigenvalue weighted by molar-refractivity contribution is 0.545. The van der Waals surface area contributed by atoms with Crippen LogP contribution in [-0.4, -0.2) is 11.1 Å². The number of hydrogen-bond acceptors (Lipinski definition) is 1. The number of aromatic nitrogens is 1. The van der Waals surface area contributed by atoms with Gasteiger partial charge >= 0.3 is 0 Å². The molecule has 0 bridgehead atoms. The summed E-state index contributed by atoms with van der Waals surface area (Å²) in [6.07, 6.45) is 7.40. The Morgan fingerprint density at radius 1 is 1.57 bits per heavy atom. The highest BCUT2D eigenvalue weighted by Crippen LogP contribution is 2.23. The van der Waals surface area contributed by atoms with Crippen molar-refractivity contribution in [2.45, 2.75) is 45.2 Å². The Kier molecular flexibility index (Phi) is 3.25. The summed E-state index contributed by atoms with van der Waals surface area (Å²) in [7, 11) is 0. The van der Waals surface area contributed by atoms with Gasteiger partial charge in [-0.15, -0.1) is 0 Å². The van der Waals surface area contributed by atoms with E-state index in [-0.39, 0.29) is 0 Å². The number of hydrogen-bond donors (Lipinski definition) is 1. The topological polar surface area (TPSA) is 17.0 Å². The molecule has 0 radical (unpaired) electrons. The van der Waals surface area contributed by atoms with Gasteiger partial charge in [0.25, 0.3) is 0 Å². The van der Waals surface area contributed by atoms with Crippen molar-refractivity contribution >= 4 is 0 Å². The predicted octanol–water partition coefficient (Wildman–Crippen LogP) is 2.71. The molecule has 2 rings (SSSR count). The van der Waals surface area contributed by atoms with Crippen molar-refractivity contribution < 1.29 is 0 Å². The van der Waals surface area contributed by atoms with E-state index in [0.29, 0.717) is 6.04 Å². The summed E-state index contributed by atoms with van der Waals surface area (Å²) >= 11 is 0. The Hall–Kier alpha value is -0.760. The first kappa shape index (κ1) is 9.78. The third kappa shape index (κ3) is 2.01. The van der Waals surface area contributed by atoms with E-state index in [0.717, 1.165) is 0 Å². The second-order valence-corrected chi connectivity index (χ2v) is 4.13. The van der Waals surface area contributed by atoms with E-state index < -0.39 is 0 Å². The maximum absolute atomic E-state index is 3.55. The van der Waals surface area contributed by atoms with Gasteiger partial charge < -0.3 is 9.88 Å². The zero-order valence-corrected chi connectivity index (χ0v) is 9.00. The van der Waals surface area contributed by atoms with E-state index in [4.69, 9.17) is 0 Å². The molecule has 0 aliphatic carbocycles. The maximum Gasteiger partial charge on any atom is 0.0475 e. The summed E-state index contributed by atoms with van der Waals surface area (Å²) < 4.78 is 2.41. The zero-order chi connectivity index (χ0) is 9.80. The lowest BCUT2D eigenvalue weighted by Gasteiger charge is -2.14. The van der Waals surface area contributed by atoms with Crippen LogP contribution in [0.4, 0.5) is 0 Å². The van der Waals surface area contributed by atoms with Gasteiger partial charge in [0.2, 0.25) is 0 Å². The summed E-state index contributed by atoms with van der Waals surface area (Å²) in [4.78, 5) is 0. The van der Waals surface area contributed by atoms with Crippen molar-refractivity contribution in [2.75, 3.05) is 6.54 Å². The molecule has 0 saturated carbocycles. The van der Waals surface area contributed by atoms with Crippen LogP contribution in [0.1, 0.15) is 44.3 Å². The van der Waals surface area contributed by atoms with Crippen LogP contribution in [0.5, 0.6) is 0 Å². The Morgan fingerprint density at radius 3 is 3.21 bits per heavy atom. The molecule has 0 spiro atoms. The Bertz CT molecular complexity index is 272. The molecule has 1 aromatic heterocycles. The van der Waals surface area contributed by atoms with Crippen LogP contribution >= 0.6 is 0 Å². The summed E-state index contributed by atoms with van der Waals surface area (Å²) in [6, 6.07) is 5.05. The Labute approximate surface area is 86.3 Å². The molecule has 14 heavy (non-hydrogen) atoms. The van der Waals surface area contributed by atoms with Crippen LogP contribution in [0.2, 0.25) is 0 Å². The molecule has 1 saturated heterocycles. The van der Waals surface area contributed by atoms with Gasteiger partial charge in [-0.05, 0) is 37.9 Å². The third-order valence-corrected chi connectivity index (χ3v) is 3.03. The van der Waals surface area contributed by atoms with Crippen LogP contribution in [0.3, 0.4) is 0 Å². The fourth-order valence-corrected chi connectivity index (χ4v) is 2.21. The number of unbranched alkanes of at least 4 members (excludes halogenated alkanes) is 1. The minimum Gasteiger partial charge on any atom is -0.350 e. The zero-order valence-electron chi connectivity index (χ0n) is 9.00. The van der Waals surface area contributed by atoms with Gasteiger partial charge in [0, 0.05) is 24.5 Å². The summed E-state index contributed by atoms with van der Waals surface area (Å²) in [5.41, 5.74) is 1.48. The van der Waals surface area contributed by atoms with E-state index in [9.17, 15) is 0 Å². The normalized spacial score (nSPS) is 21.6. The molecule has 1 aromatic rings. The standard InChI is InChI=1S/C12H20N2/c1-2-3-9-14-10-5-7-12(14)11-6-4-8-13-11/h5,7,10-11,13H,2-4,6,8-9H2,1H3/t11-/m0/s1. The Balaban J connectivity index is 2.04. The highest BCUT2D eigenvalue weighted by molar-refractivity contribution is 5.13. The fourth-order valence-electron chi connectivity index (χ4n) is 2.21. The fraction of sp³-hybridized carbons (Fsp3) is 0.667. The predicted molar refractivity (Wildman–Crippen MR) is 59.3 cm³/mol. The molecule has 1 fully saturated rings. The van der Waals surface area contributed by atoms with Crippen molar-refractivity contribution in [1.29, 1.82) is 0 Å². The van der Waals surface area contributed by atoms with Crippen LogP contribution < -0.4 is 5.32 Å². The van der Waals surface area contributed by atoms with Gasteiger partial charge in [-0.1, -0.05) is 13.3 Å². The second-order valence-electron chi connectivity index (χ2n) is 4.13. The molecular weight excluding hydrogens is 172 g/mol. The first-order valence-corrected chi connectivity index (χ1v) is 5.80. The lowest BCUT2D eigenvalue weighted by Crippen LogP contribution is -2.16. The first-order chi connectivity index (χ1) is 6.92. The number of nitrogens with zero attached hydrogens (tertiary/aromatic N) is 1. The molecule has 1 aliphatic heterocycles.